The average Bonchev–Trinajstić information content (AvgIpc) is 2.76. The van der Waals surface area contributed by atoms with Crippen LogP contribution in [0.1, 0.15) is 46.0 Å². The summed E-state index contributed by atoms with van der Waals surface area (Å²) in [5.41, 5.74) is -0.185. The van der Waals surface area contributed by atoms with Gasteiger partial charge >= 0.3 is 0 Å². The van der Waals surface area contributed by atoms with Crippen molar-refractivity contribution in [1.82, 2.24) is 10.6 Å². The monoisotopic (exact) mass is 254 g/mol. The fraction of sp³-hybridized carbons (Fsp3) is 0.929. The first-order valence-electron chi connectivity index (χ1n) is 7.31. The van der Waals surface area contributed by atoms with Gasteiger partial charge in [0.15, 0.2) is 0 Å². The van der Waals surface area contributed by atoms with Crippen molar-refractivity contribution in [3.05, 3.63) is 0 Å². The number of amides is 1. The zero-order valence-electron chi connectivity index (χ0n) is 11.6. The molecule has 3 atom stereocenters. The molecular weight excluding hydrogens is 228 g/mol. The Balaban J connectivity index is 1.98. The van der Waals surface area contributed by atoms with E-state index in [9.17, 15) is 4.79 Å². The Bertz CT molecular complexity index is 282. The zero-order valence-corrected chi connectivity index (χ0v) is 11.6. The molecule has 2 heterocycles. The van der Waals surface area contributed by atoms with Crippen LogP contribution in [0.3, 0.4) is 0 Å². The molecule has 0 aromatic carbocycles. The number of nitrogens with one attached hydrogen (secondary N) is 2. The van der Waals surface area contributed by atoms with Crippen LogP contribution in [0.4, 0.5) is 0 Å². The first-order chi connectivity index (χ1) is 8.68. The lowest BCUT2D eigenvalue weighted by atomic mass is 9.76. The van der Waals surface area contributed by atoms with Gasteiger partial charge < -0.3 is 15.4 Å². The number of carbonyl (C=O) groups is 1. The molecule has 4 nitrogen and oxygen atoms in total. The lowest BCUT2D eigenvalue weighted by Gasteiger charge is -2.37. The van der Waals surface area contributed by atoms with Gasteiger partial charge in [0.05, 0.1) is 17.6 Å². The summed E-state index contributed by atoms with van der Waals surface area (Å²) in [5.74, 6) is 0.235. The van der Waals surface area contributed by atoms with Crippen LogP contribution in [0.5, 0.6) is 0 Å². The van der Waals surface area contributed by atoms with Gasteiger partial charge in [-0.1, -0.05) is 13.3 Å². The Morgan fingerprint density at radius 3 is 2.94 bits per heavy atom. The molecule has 2 saturated heterocycles. The van der Waals surface area contributed by atoms with Crippen molar-refractivity contribution < 1.29 is 9.53 Å². The molecule has 104 valence electrons. The van der Waals surface area contributed by atoms with Crippen molar-refractivity contribution in [2.75, 3.05) is 19.7 Å². The quantitative estimate of drug-likeness (QED) is 0.798. The molecule has 0 aliphatic carbocycles. The van der Waals surface area contributed by atoms with E-state index in [0.717, 1.165) is 51.8 Å². The third kappa shape index (κ3) is 2.86. The molecule has 2 N–H and O–H groups in total. The largest absolute Gasteiger partial charge is 0.376 e. The molecule has 2 fully saturated rings. The lowest BCUT2D eigenvalue weighted by Crippen LogP contribution is -2.53. The van der Waals surface area contributed by atoms with Crippen molar-refractivity contribution in [2.45, 2.75) is 58.1 Å². The van der Waals surface area contributed by atoms with Crippen LogP contribution in [0.25, 0.3) is 0 Å². The molecule has 2 aliphatic heterocycles. The minimum absolute atomic E-state index is 0.157. The van der Waals surface area contributed by atoms with E-state index in [0.29, 0.717) is 0 Å². The van der Waals surface area contributed by atoms with Crippen LogP contribution in [0.2, 0.25) is 0 Å². The van der Waals surface area contributed by atoms with E-state index in [1.807, 2.05) is 6.92 Å². The van der Waals surface area contributed by atoms with Crippen molar-refractivity contribution >= 4 is 5.91 Å². The van der Waals surface area contributed by atoms with Crippen LogP contribution in [-0.4, -0.2) is 37.7 Å². The summed E-state index contributed by atoms with van der Waals surface area (Å²) in [4.78, 5) is 12.6. The van der Waals surface area contributed by atoms with E-state index in [4.69, 9.17) is 4.74 Å². The average molecular weight is 254 g/mol. The standard InChI is InChI=1S/C14H26N2O2/c1-3-6-14(7-4-8-15-10-14)13(17)16-12-5-9-18-11(12)2/h11-12,15H,3-10H2,1-2H3,(H,16,17). The zero-order chi connectivity index (χ0) is 13.0. The summed E-state index contributed by atoms with van der Waals surface area (Å²) in [6, 6.07) is 0.202. The number of ether oxygens (including phenoxy) is 1. The summed E-state index contributed by atoms with van der Waals surface area (Å²) in [5, 5.41) is 6.61. The van der Waals surface area contributed by atoms with Gasteiger partial charge in [-0.25, -0.2) is 0 Å². The number of hydrogen-bond acceptors (Lipinski definition) is 3. The molecule has 4 heteroatoms. The first-order valence-corrected chi connectivity index (χ1v) is 7.31. The second kappa shape index (κ2) is 6.02. The highest BCUT2D eigenvalue weighted by Gasteiger charge is 2.40. The van der Waals surface area contributed by atoms with E-state index in [1.165, 1.54) is 0 Å². The van der Waals surface area contributed by atoms with Gasteiger partial charge in [0.25, 0.3) is 0 Å². The van der Waals surface area contributed by atoms with Crippen LogP contribution in [0, 0.1) is 5.41 Å². The van der Waals surface area contributed by atoms with Gasteiger partial charge in [-0.2, -0.15) is 0 Å². The van der Waals surface area contributed by atoms with Gasteiger partial charge in [-0.3, -0.25) is 4.79 Å². The number of hydrogen-bond donors (Lipinski definition) is 2. The van der Waals surface area contributed by atoms with E-state index >= 15 is 0 Å². The first kappa shape index (κ1) is 13.8. The van der Waals surface area contributed by atoms with Gasteiger partial charge in [-0.15, -0.1) is 0 Å². The minimum atomic E-state index is -0.185. The second-order valence-corrected chi connectivity index (χ2v) is 5.76. The molecule has 18 heavy (non-hydrogen) atoms. The van der Waals surface area contributed by atoms with Gasteiger partial charge in [0, 0.05) is 13.2 Å². The van der Waals surface area contributed by atoms with Crippen molar-refractivity contribution in [2.24, 2.45) is 5.41 Å². The van der Waals surface area contributed by atoms with E-state index in [2.05, 4.69) is 17.6 Å². The summed E-state index contributed by atoms with van der Waals surface area (Å²) in [7, 11) is 0. The Hall–Kier alpha value is -0.610. The fourth-order valence-corrected chi connectivity index (χ4v) is 3.21. The Labute approximate surface area is 110 Å². The van der Waals surface area contributed by atoms with Gasteiger partial charge in [-0.05, 0) is 39.2 Å². The highest BCUT2D eigenvalue weighted by atomic mass is 16.5. The smallest absolute Gasteiger partial charge is 0.227 e. The normalized spacial score (nSPS) is 36.6. The number of carbonyl (C=O) groups excluding carboxylic acids is 1. The highest BCUT2D eigenvalue weighted by Crippen LogP contribution is 2.32. The van der Waals surface area contributed by atoms with E-state index < -0.39 is 0 Å². The van der Waals surface area contributed by atoms with Crippen molar-refractivity contribution in [3.8, 4) is 0 Å². The topological polar surface area (TPSA) is 50.4 Å². The molecule has 1 amide bonds. The van der Waals surface area contributed by atoms with Gasteiger partial charge in [0.2, 0.25) is 5.91 Å². The molecule has 3 unspecified atom stereocenters. The maximum atomic E-state index is 12.6. The van der Waals surface area contributed by atoms with Gasteiger partial charge in [0.1, 0.15) is 0 Å². The molecule has 0 spiro atoms. The highest BCUT2D eigenvalue weighted by molar-refractivity contribution is 5.83. The SMILES string of the molecule is CCCC1(C(=O)NC2CCOC2C)CCCNC1. The molecule has 0 aromatic rings. The molecule has 0 saturated carbocycles. The van der Waals surface area contributed by atoms with E-state index in [1.54, 1.807) is 0 Å². The van der Waals surface area contributed by atoms with Crippen LogP contribution in [-0.2, 0) is 9.53 Å². The van der Waals surface area contributed by atoms with Crippen LogP contribution in [0.15, 0.2) is 0 Å². The third-order valence-corrected chi connectivity index (χ3v) is 4.38. The summed E-state index contributed by atoms with van der Waals surface area (Å²) in [6.07, 6.45) is 5.26. The molecule has 2 aliphatic rings. The maximum absolute atomic E-state index is 12.6. The maximum Gasteiger partial charge on any atom is 0.227 e. The molecular formula is C14H26N2O2. The molecule has 2 rings (SSSR count). The predicted octanol–water partition coefficient (Wildman–Crippen LogP) is 1.45. The number of rotatable bonds is 4. The van der Waals surface area contributed by atoms with Crippen molar-refractivity contribution in [1.29, 1.82) is 0 Å². The Morgan fingerprint density at radius 2 is 2.39 bits per heavy atom. The lowest BCUT2D eigenvalue weighted by molar-refractivity contribution is -0.133. The van der Waals surface area contributed by atoms with E-state index in [-0.39, 0.29) is 23.5 Å². The summed E-state index contributed by atoms with van der Waals surface area (Å²) in [6.45, 7) is 6.84. The molecule has 0 aromatic heterocycles. The van der Waals surface area contributed by atoms with Crippen LogP contribution >= 0.6 is 0 Å². The predicted molar refractivity (Wildman–Crippen MR) is 71.4 cm³/mol. The van der Waals surface area contributed by atoms with Crippen LogP contribution < -0.4 is 10.6 Å². The number of piperidine rings is 1. The Morgan fingerprint density at radius 1 is 1.56 bits per heavy atom. The second-order valence-electron chi connectivity index (χ2n) is 5.76. The Kier molecular flexibility index (Phi) is 4.62. The van der Waals surface area contributed by atoms with Crippen molar-refractivity contribution in [3.63, 3.8) is 0 Å². The summed E-state index contributed by atoms with van der Waals surface area (Å²) < 4.78 is 5.52. The molecule has 0 radical (unpaired) electrons. The molecule has 0 bridgehead atoms. The third-order valence-electron chi connectivity index (χ3n) is 4.38. The fourth-order valence-electron chi connectivity index (χ4n) is 3.21. The summed E-state index contributed by atoms with van der Waals surface area (Å²) >= 11 is 0. The minimum Gasteiger partial charge on any atom is -0.376 e.